The van der Waals surface area contributed by atoms with E-state index < -0.39 is 0 Å². The van der Waals surface area contributed by atoms with Crippen LogP contribution in [-0.4, -0.2) is 13.0 Å². The quantitative estimate of drug-likeness (QED) is 0.669. The minimum Gasteiger partial charge on any atom is -0.496 e. The molecule has 3 aromatic carbocycles. The number of nitrogens with one attached hydrogen (secondary N) is 1. The van der Waals surface area contributed by atoms with Crippen molar-refractivity contribution in [3.05, 3.63) is 64.6 Å². The summed E-state index contributed by atoms with van der Waals surface area (Å²) in [7, 11) is 1.55. The number of nitrogen functional groups attached to an aromatic ring is 1. The number of hydrogen-bond donors (Lipinski definition) is 2. The molecule has 23 heavy (non-hydrogen) atoms. The van der Waals surface area contributed by atoms with Crippen molar-refractivity contribution in [1.82, 2.24) is 0 Å². The zero-order chi connectivity index (χ0) is 16.4. The van der Waals surface area contributed by atoms with E-state index in [0.717, 1.165) is 15.2 Å². The van der Waals surface area contributed by atoms with Crippen LogP contribution in [0, 0.1) is 0 Å². The van der Waals surface area contributed by atoms with Gasteiger partial charge in [0.15, 0.2) is 0 Å². The molecular weight excluding hydrogens is 356 g/mol. The van der Waals surface area contributed by atoms with Crippen molar-refractivity contribution in [2.24, 2.45) is 0 Å². The van der Waals surface area contributed by atoms with Gasteiger partial charge in [-0.15, -0.1) is 0 Å². The Bertz CT molecular complexity index is 893. The lowest BCUT2D eigenvalue weighted by molar-refractivity contribution is 0.102. The first-order chi connectivity index (χ1) is 11.1. The summed E-state index contributed by atoms with van der Waals surface area (Å²) < 4.78 is 6.22. The van der Waals surface area contributed by atoms with E-state index in [1.54, 1.807) is 19.2 Å². The van der Waals surface area contributed by atoms with E-state index in [2.05, 4.69) is 21.2 Å². The molecule has 0 saturated carbocycles. The molecule has 4 nitrogen and oxygen atoms in total. The molecule has 0 spiro atoms. The maximum atomic E-state index is 12.6. The van der Waals surface area contributed by atoms with E-state index in [0.29, 0.717) is 22.7 Å². The molecule has 0 radical (unpaired) electrons. The zero-order valence-electron chi connectivity index (χ0n) is 12.5. The van der Waals surface area contributed by atoms with Crippen molar-refractivity contribution in [3.8, 4) is 5.75 Å². The monoisotopic (exact) mass is 370 g/mol. The van der Waals surface area contributed by atoms with Crippen LogP contribution >= 0.6 is 15.9 Å². The van der Waals surface area contributed by atoms with Gasteiger partial charge in [0.25, 0.3) is 5.91 Å². The second-order valence-corrected chi connectivity index (χ2v) is 6.00. The predicted octanol–water partition coefficient (Wildman–Crippen LogP) is 4.45. The van der Waals surface area contributed by atoms with Crippen LogP contribution in [-0.2, 0) is 0 Å². The van der Waals surface area contributed by atoms with Gasteiger partial charge in [-0.3, -0.25) is 4.79 Å². The predicted molar refractivity (Wildman–Crippen MR) is 97.0 cm³/mol. The number of anilines is 2. The Kier molecular flexibility index (Phi) is 4.21. The first-order valence-corrected chi connectivity index (χ1v) is 7.81. The minimum absolute atomic E-state index is 0.262. The van der Waals surface area contributed by atoms with Gasteiger partial charge < -0.3 is 15.8 Å². The van der Waals surface area contributed by atoms with Gasteiger partial charge in [0.1, 0.15) is 5.75 Å². The Morgan fingerprint density at radius 1 is 1.09 bits per heavy atom. The molecule has 0 saturated heterocycles. The smallest absolute Gasteiger partial charge is 0.259 e. The maximum Gasteiger partial charge on any atom is 0.259 e. The van der Waals surface area contributed by atoms with Gasteiger partial charge in [-0.2, -0.15) is 0 Å². The molecule has 0 atom stereocenters. The van der Waals surface area contributed by atoms with Crippen LogP contribution in [0.1, 0.15) is 10.4 Å². The molecule has 0 bridgehead atoms. The van der Waals surface area contributed by atoms with Gasteiger partial charge in [-0.25, -0.2) is 0 Å². The maximum absolute atomic E-state index is 12.6. The molecular formula is C18H15BrN2O2. The largest absolute Gasteiger partial charge is 0.496 e. The molecule has 116 valence electrons. The number of carbonyl (C=O) groups is 1. The lowest BCUT2D eigenvalue weighted by Gasteiger charge is -2.12. The van der Waals surface area contributed by atoms with Gasteiger partial charge in [0, 0.05) is 4.47 Å². The van der Waals surface area contributed by atoms with Gasteiger partial charge in [0.2, 0.25) is 0 Å². The third-order valence-electron chi connectivity index (χ3n) is 3.57. The van der Waals surface area contributed by atoms with Crippen molar-refractivity contribution in [2.45, 2.75) is 0 Å². The number of carbonyl (C=O) groups excluding carboxylic acids is 1. The lowest BCUT2D eigenvalue weighted by Crippen LogP contribution is -2.14. The molecule has 0 heterocycles. The summed E-state index contributed by atoms with van der Waals surface area (Å²) in [6.45, 7) is 0. The van der Waals surface area contributed by atoms with Crippen molar-refractivity contribution < 1.29 is 9.53 Å². The van der Waals surface area contributed by atoms with Crippen LogP contribution < -0.4 is 15.8 Å². The molecule has 1 amide bonds. The molecule has 3 rings (SSSR count). The normalized spacial score (nSPS) is 10.5. The average Bonchev–Trinajstić information content (AvgIpc) is 2.56. The molecule has 0 unspecified atom stereocenters. The Labute approximate surface area is 142 Å². The number of nitrogens with two attached hydrogens (primary N) is 1. The highest BCUT2D eigenvalue weighted by Gasteiger charge is 2.15. The van der Waals surface area contributed by atoms with E-state index in [-0.39, 0.29) is 5.91 Å². The van der Waals surface area contributed by atoms with E-state index in [1.165, 1.54) is 0 Å². The number of fused-ring (bicyclic) bond motifs is 1. The van der Waals surface area contributed by atoms with Gasteiger partial charge in [0.05, 0.1) is 24.0 Å². The summed E-state index contributed by atoms with van der Waals surface area (Å²) in [6.07, 6.45) is 0. The highest BCUT2D eigenvalue weighted by molar-refractivity contribution is 9.10. The van der Waals surface area contributed by atoms with E-state index >= 15 is 0 Å². The summed E-state index contributed by atoms with van der Waals surface area (Å²) >= 11 is 3.34. The molecule has 3 aromatic rings. The molecule has 5 heteroatoms. The van der Waals surface area contributed by atoms with Crippen LogP contribution in [0.5, 0.6) is 5.75 Å². The fourth-order valence-corrected chi connectivity index (χ4v) is 2.78. The van der Waals surface area contributed by atoms with Gasteiger partial charge in [-0.05, 0) is 41.1 Å². The SMILES string of the molecule is COc1cc2ccccc2cc1C(=O)Nc1ccc(Br)cc1N. The number of benzene rings is 3. The van der Waals surface area contributed by atoms with Crippen molar-refractivity contribution in [3.63, 3.8) is 0 Å². The average molecular weight is 371 g/mol. The standard InChI is InChI=1S/C18H15BrN2O2/c1-23-17-9-12-5-3-2-4-11(12)8-14(17)18(22)21-16-7-6-13(19)10-15(16)20/h2-10H,20H2,1H3,(H,21,22). The third-order valence-corrected chi connectivity index (χ3v) is 4.07. The molecule has 0 aliphatic carbocycles. The van der Waals surface area contributed by atoms with Crippen molar-refractivity contribution in [1.29, 1.82) is 0 Å². The Morgan fingerprint density at radius 2 is 1.78 bits per heavy atom. The molecule has 0 aliphatic heterocycles. The Morgan fingerprint density at radius 3 is 2.43 bits per heavy atom. The van der Waals surface area contributed by atoms with Crippen LogP contribution in [0.4, 0.5) is 11.4 Å². The minimum atomic E-state index is -0.262. The van der Waals surface area contributed by atoms with E-state index in [9.17, 15) is 4.79 Å². The number of methoxy groups -OCH3 is 1. The summed E-state index contributed by atoms with van der Waals surface area (Å²) in [5.41, 5.74) is 7.46. The fraction of sp³-hybridized carbons (Fsp3) is 0.0556. The summed E-state index contributed by atoms with van der Waals surface area (Å²) in [4.78, 5) is 12.6. The summed E-state index contributed by atoms with van der Waals surface area (Å²) in [6, 6.07) is 16.8. The zero-order valence-corrected chi connectivity index (χ0v) is 14.1. The van der Waals surface area contributed by atoms with Crippen LogP contribution in [0.3, 0.4) is 0 Å². The van der Waals surface area contributed by atoms with Crippen LogP contribution in [0.25, 0.3) is 10.8 Å². The Hall–Kier alpha value is -2.53. The second kappa shape index (κ2) is 6.30. The number of hydrogen-bond acceptors (Lipinski definition) is 3. The summed E-state index contributed by atoms with van der Waals surface area (Å²) in [5.74, 6) is 0.263. The second-order valence-electron chi connectivity index (χ2n) is 5.09. The highest BCUT2D eigenvalue weighted by Crippen LogP contribution is 2.28. The van der Waals surface area contributed by atoms with Crippen molar-refractivity contribution in [2.75, 3.05) is 18.2 Å². The summed E-state index contributed by atoms with van der Waals surface area (Å²) in [5, 5.41) is 4.82. The number of ether oxygens (including phenoxy) is 1. The van der Waals surface area contributed by atoms with Crippen LogP contribution in [0.2, 0.25) is 0 Å². The topological polar surface area (TPSA) is 64.3 Å². The van der Waals surface area contributed by atoms with E-state index in [1.807, 2.05) is 42.5 Å². The lowest BCUT2D eigenvalue weighted by atomic mass is 10.1. The first kappa shape index (κ1) is 15.4. The molecule has 0 aliphatic rings. The molecule has 0 fully saturated rings. The third kappa shape index (κ3) is 3.14. The van der Waals surface area contributed by atoms with Crippen molar-refractivity contribution >= 4 is 44.0 Å². The fourth-order valence-electron chi connectivity index (χ4n) is 2.40. The molecule has 0 aromatic heterocycles. The Balaban J connectivity index is 1.99. The first-order valence-electron chi connectivity index (χ1n) is 7.01. The highest BCUT2D eigenvalue weighted by atomic mass is 79.9. The van der Waals surface area contributed by atoms with Crippen LogP contribution in [0.15, 0.2) is 59.1 Å². The van der Waals surface area contributed by atoms with Gasteiger partial charge in [-0.1, -0.05) is 40.2 Å². The molecule has 3 N–H and O–H groups in total. The number of amides is 1. The number of rotatable bonds is 3. The number of halogens is 1. The van der Waals surface area contributed by atoms with Gasteiger partial charge >= 0.3 is 0 Å². The van der Waals surface area contributed by atoms with E-state index in [4.69, 9.17) is 10.5 Å².